The van der Waals surface area contributed by atoms with Crippen LogP contribution in [0.2, 0.25) is 0 Å². The Morgan fingerprint density at radius 3 is 2.32 bits per heavy atom. The molecule has 3 aromatic rings. The van der Waals surface area contributed by atoms with Gasteiger partial charge in [-0.25, -0.2) is 5.43 Å². The van der Waals surface area contributed by atoms with Crippen molar-refractivity contribution in [2.45, 2.75) is 13.3 Å². The first kappa shape index (κ1) is 23.0. The minimum absolute atomic E-state index is 0.190. The van der Waals surface area contributed by atoms with E-state index in [0.717, 1.165) is 26.9 Å². The molecule has 0 atom stereocenters. The van der Waals surface area contributed by atoms with Crippen LogP contribution < -0.4 is 14.9 Å². The number of hydrogen-bond donors (Lipinski definition) is 1. The molecule has 0 aliphatic carbocycles. The third-order valence-electron chi connectivity index (χ3n) is 4.52. The molecule has 5 nitrogen and oxygen atoms in total. The molecular weight excluding hydrogens is 524 g/mol. The molecule has 3 rings (SSSR count). The maximum Gasteiger partial charge on any atom is 0.277 e. The summed E-state index contributed by atoms with van der Waals surface area (Å²) in [4.78, 5) is 12.3. The van der Waals surface area contributed by atoms with E-state index in [2.05, 4.69) is 66.7 Å². The van der Waals surface area contributed by atoms with Gasteiger partial charge in [0, 0.05) is 4.47 Å². The number of nitrogens with one attached hydrogen (secondary N) is 1. The van der Waals surface area contributed by atoms with Crippen LogP contribution in [0.4, 0.5) is 0 Å². The fraction of sp³-hybridized carbons (Fsp3) is 0.167. The van der Waals surface area contributed by atoms with Gasteiger partial charge in [-0.15, -0.1) is 0 Å². The highest BCUT2D eigenvalue weighted by atomic mass is 79.9. The molecule has 31 heavy (non-hydrogen) atoms. The second kappa shape index (κ2) is 11.1. The molecule has 0 aliphatic rings. The number of ether oxygens (including phenoxy) is 2. The zero-order valence-electron chi connectivity index (χ0n) is 17.2. The van der Waals surface area contributed by atoms with Crippen molar-refractivity contribution in [1.82, 2.24) is 5.43 Å². The van der Waals surface area contributed by atoms with Crippen molar-refractivity contribution in [1.29, 1.82) is 0 Å². The Labute approximate surface area is 198 Å². The Morgan fingerprint density at radius 2 is 1.68 bits per heavy atom. The molecule has 0 bridgehead atoms. The molecule has 0 aromatic heterocycles. The average molecular weight is 546 g/mol. The predicted molar refractivity (Wildman–Crippen MR) is 131 cm³/mol. The van der Waals surface area contributed by atoms with Crippen LogP contribution in [0.3, 0.4) is 0 Å². The monoisotopic (exact) mass is 544 g/mol. The number of halogens is 2. The van der Waals surface area contributed by atoms with E-state index < -0.39 is 0 Å². The van der Waals surface area contributed by atoms with Gasteiger partial charge in [0.15, 0.2) is 18.1 Å². The standard InChI is InChI=1S/C24H22Br2N2O3/c1-3-21(18-11-9-17(10-12-18)16-7-5-4-6-8-16)27-28-23(29)15-31-24-20(26)13-19(25)14-22(24)30-2/h4-14H,3,15H2,1-2H3,(H,28,29)/b27-21+. The zero-order valence-corrected chi connectivity index (χ0v) is 20.4. The summed E-state index contributed by atoms with van der Waals surface area (Å²) in [5.74, 6) is 0.617. The first-order chi connectivity index (χ1) is 15.0. The molecule has 3 aromatic carbocycles. The number of hydrazone groups is 1. The second-order valence-corrected chi connectivity index (χ2v) is 8.37. The average Bonchev–Trinajstić information content (AvgIpc) is 2.79. The lowest BCUT2D eigenvalue weighted by molar-refractivity contribution is -0.123. The van der Waals surface area contributed by atoms with Crippen LogP contribution in [0.25, 0.3) is 11.1 Å². The van der Waals surface area contributed by atoms with Gasteiger partial charge < -0.3 is 9.47 Å². The maximum absolute atomic E-state index is 12.3. The summed E-state index contributed by atoms with van der Waals surface area (Å²) in [5.41, 5.74) is 6.61. The van der Waals surface area contributed by atoms with Crippen molar-refractivity contribution in [3.8, 4) is 22.6 Å². The van der Waals surface area contributed by atoms with Crippen LogP contribution in [0.5, 0.6) is 11.5 Å². The van der Waals surface area contributed by atoms with Gasteiger partial charge in [-0.2, -0.15) is 5.10 Å². The van der Waals surface area contributed by atoms with Crippen LogP contribution in [0.15, 0.2) is 80.8 Å². The zero-order chi connectivity index (χ0) is 22.2. The van der Waals surface area contributed by atoms with Crippen LogP contribution in [0.1, 0.15) is 18.9 Å². The number of rotatable bonds is 8. The van der Waals surface area contributed by atoms with Crippen LogP contribution in [-0.4, -0.2) is 25.3 Å². The highest BCUT2D eigenvalue weighted by Crippen LogP contribution is 2.38. The van der Waals surface area contributed by atoms with Gasteiger partial charge in [0.05, 0.1) is 17.3 Å². The third-order valence-corrected chi connectivity index (χ3v) is 5.56. The Balaban J connectivity index is 1.64. The van der Waals surface area contributed by atoms with Crippen molar-refractivity contribution in [2.75, 3.05) is 13.7 Å². The number of methoxy groups -OCH3 is 1. The topological polar surface area (TPSA) is 59.9 Å². The van der Waals surface area contributed by atoms with Gasteiger partial charge in [-0.05, 0) is 51.2 Å². The molecule has 160 valence electrons. The van der Waals surface area contributed by atoms with Crippen molar-refractivity contribution < 1.29 is 14.3 Å². The molecule has 7 heteroatoms. The number of benzene rings is 3. The Kier molecular flexibility index (Phi) is 8.26. The SMILES string of the molecule is CC/C(=N\NC(=O)COc1c(Br)cc(Br)cc1OC)c1ccc(-c2ccccc2)cc1. The van der Waals surface area contributed by atoms with Gasteiger partial charge >= 0.3 is 0 Å². The summed E-state index contributed by atoms with van der Waals surface area (Å²) < 4.78 is 12.5. The molecule has 0 saturated heterocycles. The molecular formula is C24H22Br2N2O3. The molecule has 0 spiro atoms. The molecule has 0 unspecified atom stereocenters. The lowest BCUT2D eigenvalue weighted by atomic mass is 10.0. The van der Waals surface area contributed by atoms with E-state index in [1.165, 1.54) is 0 Å². The highest BCUT2D eigenvalue weighted by molar-refractivity contribution is 9.11. The lowest BCUT2D eigenvalue weighted by Gasteiger charge is -2.12. The minimum Gasteiger partial charge on any atom is -0.493 e. The van der Waals surface area contributed by atoms with E-state index in [9.17, 15) is 4.79 Å². The normalized spacial score (nSPS) is 11.2. The van der Waals surface area contributed by atoms with E-state index in [1.54, 1.807) is 13.2 Å². The molecule has 0 aliphatic heterocycles. The first-order valence-electron chi connectivity index (χ1n) is 9.69. The lowest BCUT2D eigenvalue weighted by Crippen LogP contribution is -2.26. The summed E-state index contributed by atoms with van der Waals surface area (Å²) in [6.07, 6.45) is 0.678. The summed E-state index contributed by atoms with van der Waals surface area (Å²) in [7, 11) is 1.54. The highest BCUT2D eigenvalue weighted by Gasteiger charge is 2.13. The van der Waals surface area contributed by atoms with Gasteiger partial charge in [0.2, 0.25) is 0 Å². The van der Waals surface area contributed by atoms with Gasteiger partial charge in [-0.3, -0.25) is 4.79 Å². The molecule has 0 heterocycles. The molecule has 0 fully saturated rings. The molecule has 1 amide bonds. The van der Waals surface area contributed by atoms with E-state index in [0.29, 0.717) is 22.4 Å². The van der Waals surface area contributed by atoms with E-state index in [4.69, 9.17) is 9.47 Å². The molecule has 1 N–H and O–H groups in total. The number of hydrogen-bond acceptors (Lipinski definition) is 4. The quantitative estimate of drug-likeness (QED) is 0.271. The van der Waals surface area contributed by atoms with Crippen molar-refractivity contribution in [2.24, 2.45) is 5.10 Å². The van der Waals surface area contributed by atoms with Gasteiger partial charge in [0.1, 0.15) is 0 Å². The number of nitrogens with zero attached hydrogens (tertiary/aromatic N) is 1. The van der Waals surface area contributed by atoms with E-state index in [-0.39, 0.29) is 12.5 Å². The van der Waals surface area contributed by atoms with Crippen LogP contribution in [0, 0.1) is 0 Å². The van der Waals surface area contributed by atoms with E-state index >= 15 is 0 Å². The smallest absolute Gasteiger partial charge is 0.277 e. The summed E-state index contributed by atoms with van der Waals surface area (Å²) in [5, 5.41) is 4.29. The molecule has 0 saturated carbocycles. The van der Waals surface area contributed by atoms with Crippen LogP contribution >= 0.6 is 31.9 Å². The fourth-order valence-corrected chi connectivity index (χ4v) is 4.26. The van der Waals surface area contributed by atoms with Crippen LogP contribution in [-0.2, 0) is 4.79 Å². The Bertz CT molecular complexity index is 1070. The Morgan fingerprint density at radius 1 is 1.00 bits per heavy atom. The van der Waals surface area contributed by atoms with Gasteiger partial charge in [0.25, 0.3) is 5.91 Å². The summed E-state index contributed by atoms with van der Waals surface area (Å²) in [6, 6.07) is 21.9. The van der Waals surface area contributed by atoms with Crippen molar-refractivity contribution in [3.05, 3.63) is 81.2 Å². The predicted octanol–water partition coefficient (Wildman–Crippen LogP) is 6.20. The van der Waals surface area contributed by atoms with E-state index in [1.807, 2.05) is 43.3 Å². The second-order valence-electron chi connectivity index (χ2n) is 6.60. The van der Waals surface area contributed by atoms with Crippen molar-refractivity contribution in [3.63, 3.8) is 0 Å². The maximum atomic E-state index is 12.3. The largest absolute Gasteiger partial charge is 0.493 e. The number of amides is 1. The summed E-state index contributed by atoms with van der Waals surface area (Å²) >= 11 is 6.82. The minimum atomic E-state index is -0.358. The van der Waals surface area contributed by atoms with Crippen molar-refractivity contribution >= 4 is 43.5 Å². The number of carbonyl (C=O) groups excluding carboxylic acids is 1. The molecule has 0 radical (unpaired) electrons. The third kappa shape index (κ3) is 6.18. The first-order valence-corrected chi connectivity index (χ1v) is 11.3. The Hall–Kier alpha value is -2.64. The fourth-order valence-electron chi connectivity index (χ4n) is 2.96. The number of carbonyl (C=O) groups is 1. The van der Waals surface area contributed by atoms with Gasteiger partial charge in [-0.1, -0.05) is 77.5 Å². The summed E-state index contributed by atoms with van der Waals surface area (Å²) in [6.45, 7) is 1.81.